The van der Waals surface area contributed by atoms with Crippen LogP contribution in [0.4, 0.5) is 5.69 Å². The highest BCUT2D eigenvalue weighted by atomic mass is 16.2. The highest BCUT2D eigenvalue weighted by Gasteiger charge is 2.20. The van der Waals surface area contributed by atoms with Crippen LogP contribution in [-0.2, 0) is 4.79 Å². The molecule has 0 bridgehead atoms. The van der Waals surface area contributed by atoms with E-state index in [1.54, 1.807) is 19.2 Å². The highest BCUT2D eigenvalue weighted by molar-refractivity contribution is 5.97. The Balaban J connectivity index is 2.26. The molecule has 0 aliphatic rings. The van der Waals surface area contributed by atoms with Gasteiger partial charge in [0.1, 0.15) is 0 Å². The van der Waals surface area contributed by atoms with Gasteiger partial charge in [-0.15, -0.1) is 0 Å². The number of hydrogen-bond donors (Lipinski definition) is 1. The van der Waals surface area contributed by atoms with Crippen LogP contribution in [0.3, 0.4) is 0 Å². The number of anilines is 1. The van der Waals surface area contributed by atoms with Gasteiger partial charge in [-0.1, -0.05) is 48.5 Å². The topological polar surface area (TPSA) is 67.0 Å². The molecule has 1 unspecified atom stereocenters. The predicted molar refractivity (Wildman–Crippen MR) is 78.0 cm³/mol. The lowest BCUT2D eigenvalue weighted by Gasteiger charge is -2.27. The molecule has 0 saturated heterocycles. The number of carbonyl (C=O) groups excluding carboxylic acids is 1. The first-order valence-corrected chi connectivity index (χ1v) is 6.21. The normalized spacial score (nSPS) is 11.4. The number of amides is 1. The van der Waals surface area contributed by atoms with Crippen molar-refractivity contribution in [1.29, 1.82) is 0 Å². The van der Waals surface area contributed by atoms with Crippen molar-refractivity contribution >= 4 is 11.6 Å². The lowest BCUT2D eigenvalue weighted by atomic mass is 10.1. The second-order valence-electron chi connectivity index (χ2n) is 4.31. The molecule has 0 aromatic heterocycles. The summed E-state index contributed by atoms with van der Waals surface area (Å²) in [5.74, 6) is -0.208. The van der Waals surface area contributed by atoms with Crippen LogP contribution >= 0.6 is 0 Å². The summed E-state index contributed by atoms with van der Waals surface area (Å²) in [4.78, 5) is 14.1. The lowest BCUT2D eigenvalue weighted by Crippen LogP contribution is -2.37. The molecule has 0 aliphatic heterocycles. The molecule has 5 heteroatoms. The van der Waals surface area contributed by atoms with Crippen LogP contribution in [-0.4, -0.2) is 13.0 Å². The molecule has 2 rings (SSSR count). The molecular formula is C15H15N4O-. The highest BCUT2D eigenvalue weighted by Crippen LogP contribution is 2.19. The maximum atomic E-state index is 12.5. The third-order valence-electron chi connectivity index (χ3n) is 3.04. The van der Waals surface area contributed by atoms with Crippen molar-refractivity contribution in [1.82, 2.24) is 5.43 Å². The number of likely N-dealkylation sites (N-methyl/N-ethyl adjacent to an activating group) is 1. The number of para-hydroxylation sites is 1. The molecule has 1 N–H and O–H groups in total. The number of nitrogens with zero attached hydrogens (tertiary/aromatic N) is 3. The number of benzene rings is 2. The van der Waals surface area contributed by atoms with Gasteiger partial charge < -0.3 is 15.9 Å². The van der Waals surface area contributed by atoms with Gasteiger partial charge in [0.2, 0.25) is 5.91 Å². The molecular weight excluding hydrogens is 252 g/mol. The summed E-state index contributed by atoms with van der Waals surface area (Å²) in [5, 5.41) is 2.91. The molecule has 1 amide bonds. The molecule has 0 spiro atoms. The van der Waals surface area contributed by atoms with Gasteiger partial charge in [-0.25, -0.2) is 0 Å². The van der Waals surface area contributed by atoms with Gasteiger partial charge in [-0.05, 0) is 17.7 Å². The minimum atomic E-state index is -0.730. The Morgan fingerprint density at radius 3 is 2.20 bits per heavy atom. The van der Waals surface area contributed by atoms with Crippen LogP contribution in [0.1, 0.15) is 11.6 Å². The zero-order valence-electron chi connectivity index (χ0n) is 11.1. The molecule has 0 fully saturated rings. The summed E-state index contributed by atoms with van der Waals surface area (Å²) >= 11 is 0. The number of nitrogens with one attached hydrogen (secondary N) is 1. The van der Waals surface area contributed by atoms with E-state index in [0.717, 1.165) is 11.3 Å². The van der Waals surface area contributed by atoms with Crippen molar-refractivity contribution in [2.24, 2.45) is 5.22 Å². The lowest BCUT2D eigenvalue weighted by molar-refractivity contribution is -0.120. The van der Waals surface area contributed by atoms with E-state index in [1.165, 1.54) is 4.90 Å². The molecule has 0 saturated carbocycles. The first-order chi connectivity index (χ1) is 9.74. The van der Waals surface area contributed by atoms with Crippen molar-refractivity contribution in [2.45, 2.75) is 6.04 Å². The molecule has 20 heavy (non-hydrogen) atoms. The fourth-order valence-electron chi connectivity index (χ4n) is 1.95. The van der Waals surface area contributed by atoms with Crippen LogP contribution < -0.4 is 10.3 Å². The zero-order valence-corrected chi connectivity index (χ0v) is 11.1. The quantitative estimate of drug-likeness (QED) is 0.668. The Labute approximate surface area is 117 Å². The summed E-state index contributed by atoms with van der Waals surface area (Å²) in [6.45, 7) is 0. The summed E-state index contributed by atoms with van der Waals surface area (Å²) in [6.07, 6.45) is 0. The van der Waals surface area contributed by atoms with Gasteiger partial charge in [0.05, 0.1) is 6.04 Å². The van der Waals surface area contributed by atoms with Crippen LogP contribution in [0.15, 0.2) is 65.9 Å². The fraction of sp³-hybridized carbons (Fsp3) is 0.133. The molecule has 2 aromatic carbocycles. The van der Waals surface area contributed by atoms with Crippen molar-refractivity contribution in [2.75, 3.05) is 11.9 Å². The number of carbonyl (C=O) groups is 1. The monoisotopic (exact) mass is 267 g/mol. The molecule has 2 aromatic rings. The minimum Gasteiger partial charge on any atom is -0.397 e. The Kier molecular flexibility index (Phi) is 4.44. The maximum absolute atomic E-state index is 12.5. The molecule has 102 valence electrons. The van der Waals surface area contributed by atoms with E-state index >= 15 is 0 Å². The molecule has 0 aliphatic carbocycles. The van der Waals surface area contributed by atoms with Gasteiger partial charge >= 0.3 is 0 Å². The third-order valence-corrected chi connectivity index (χ3v) is 3.04. The average Bonchev–Trinajstić information content (AvgIpc) is 2.53. The van der Waals surface area contributed by atoms with Gasteiger partial charge in [-0.2, -0.15) is 0 Å². The maximum Gasteiger partial charge on any atom is 0.234 e. The van der Waals surface area contributed by atoms with Crippen LogP contribution in [0.2, 0.25) is 0 Å². The van der Waals surface area contributed by atoms with E-state index in [1.807, 2.05) is 48.5 Å². The zero-order chi connectivity index (χ0) is 14.4. The average molecular weight is 267 g/mol. The summed E-state index contributed by atoms with van der Waals surface area (Å²) in [7, 11) is 1.69. The Hall–Kier alpha value is -2.69. The summed E-state index contributed by atoms with van der Waals surface area (Å²) in [6, 6.07) is 17.7. The molecule has 0 heterocycles. The van der Waals surface area contributed by atoms with Gasteiger partial charge in [0.25, 0.3) is 0 Å². The third kappa shape index (κ3) is 3.00. The second kappa shape index (κ2) is 6.47. The van der Waals surface area contributed by atoms with Crippen LogP contribution in [0, 0.1) is 0 Å². The van der Waals surface area contributed by atoms with Crippen molar-refractivity contribution in [3.8, 4) is 0 Å². The van der Waals surface area contributed by atoms with E-state index in [2.05, 4.69) is 10.6 Å². The van der Waals surface area contributed by atoms with Crippen LogP contribution in [0.5, 0.6) is 0 Å². The largest absolute Gasteiger partial charge is 0.397 e. The van der Waals surface area contributed by atoms with E-state index in [9.17, 15) is 4.79 Å². The Bertz CT molecular complexity index is 571. The number of hydrogen-bond acceptors (Lipinski definition) is 2. The predicted octanol–water partition coefficient (Wildman–Crippen LogP) is 2.92. The summed E-state index contributed by atoms with van der Waals surface area (Å²) in [5.41, 5.74) is 12.7. The number of rotatable bonds is 5. The van der Waals surface area contributed by atoms with Crippen molar-refractivity contribution in [3.05, 3.63) is 71.8 Å². The molecule has 5 nitrogen and oxygen atoms in total. The molecule has 0 radical (unpaired) electrons. The second-order valence-corrected chi connectivity index (χ2v) is 4.31. The van der Waals surface area contributed by atoms with E-state index in [4.69, 9.17) is 5.53 Å². The standard InChI is InChI=1S/C15H15N4O/c1-19(13-10-6-3-7-11-13)15(20)14(17-18-16)12-8-4-2-5-9-12/h2-11,14H,1H3,(H-,16,17)/q-1. The van der Waals surface area contributed by atoms with Gasteiger partial charge in [0, 0.05) is 12.7 Å². The van der Waals surface area contributed by atoms with Crippen molar-refractivity contribution in [3.63, 3.8) is 0 Å². The van der Waals surface area contributed by atoms with E-state index < -0.39 is 6.04 Å². The summed E-state index contributed by atoms with van der Waals surface area (Å²) < 4.78 is 0. The smallest absolute Gasteiger partial charge is 0.234 e. The first-order valence-electron chi connectivity index (χ1n) is 6.21. The fourth-order valence-corrected chi connectivity index (χ4v) is 1.95. The SMILES string of the molecule is CN(C(=O)C(NN=[N-])c1ccccc1)c1ccccc1. The molecule has 1 atom stereocenters. The minimum absolute atomic E-state index is 0.208. The van der Waals surface area contributed by atoms with E-state index in [0.29, 0.717) is 0 Å². The Morgan fingerprint density at radius 2 is 1.65 bits per heavy atom. The first kappa shape index (κ1) is 13.7. The Morgan fingerprint density at radius 1 is 1.10 bits per heavy atom. The van der Waals surface area contributed by atoms with Crippen LogP contribution in [0.25, 0.3) is 5.53 Å². The van der Waals surface area contributed by atoms with Gasteiger partial charge in [-0.3, -0.25) is 10.0 Å². The van der Waals surface area contributed by atoms with Gasteiger partial charge in [0.15, 0.2) is 0 Å². The van der Waals surface area contributed by atoms with E-state index in [-0.39, 0.29) is 5.91 Å². The van der Waals surface area contributed by atoms with Crippen molar-refractivity contribution < 1.29 is 4.79 Å².